The van der Waals surface area contributed by atoms with Gasteiger partial charge in [0.1, 0.15) is 5.75 Å². The summed E-state index contributed by atoms with van der Waals surface area (Å²) < 4.78 is 21.3. The van der Waals surface area contributed by atoms with E-state index in [0.29, 0.717) is 53.0 Å². The normalized spacial score (nSPS) is 13.1. The number of benzene rings is 2. The smallest absolute Gasteiger partial charge is 0.323 e. The van der Waals surface area contributed by atoms with E-state index in [1.807, 2.05) is 0 Å². The second kappa shape index (κ2) is 9.25. The van der Waals surface area contributed by atoms with Crippen LogP contribution in [0.5, 0.6) is 23.0 Å². The van der Waals surface area contributed by atoms with Crippen molar-refractivity contribution in [3.63, 3.8) is 0 Å². The van der Waals surface area contributed by atoms with Crippen LogP contribution >= 0.6 is 0 Å². The fraction of sp³-hybridized carbons (Fsp3) is 0.333. The molecule has 160 valence electrons. The minimum Gasteiger partial charge on any atom is -0.494 e. The van der Waals surface area contributed by atoms with E-state index in [1.54, 1.807) is 35.2 Å². The standard InChI is InChI=1S/C21H25N3O6/c1-27-16-10-13(7-8-15(16)24-9-5-6-19(24)25)22-21(26)23-14-11-17(28-2)20(30-4)18(12-14)29-3/h7-8,10-12H,5-6,9H2,1-4H3,(H2,22,23,26). The summed E-state index contributed by atoms with van der Waals surface area (Å²) in [6.45, 7) is 0.656. The molecule has 3 amide bonds. The molecule has 0 bridgehead atoms. The Kier molecular flexibility index (Phi) is 6.51. The Balaban J connectivity index is 1.76. The van der Waals surface area contributed by atoms with Crippen molar-refractivity contribution in [3.05, 3.63) is 30.3 Å². The van der Waals surface area contributed by atoms with Crippen molar-refractivity contribution in [2.75, 3.05) is 50.5 Å². The third-order valence-corrected chi connectivity index (χ3v) is 4.72. The number of hydrogen-bond donors (Lipinski definition) is 2. The Labute approximate surface area is 174 Å². The van der Waals surface area contributed by atoms with Gasteiger partial charge in [0.25, 0.3) is 0 Å². The summed E-state index contributed by atoms with van der Waals surface area (Å²) in [5.41, 5.74) is 1.68. The first kappa shape index (κ1) is 21.1. The van der Waals surface area contributed by atoms with Gasteiger partial charge in [0.05, 0.1) is 39.8 Å². The van der Waals surface area contributed by atoms with E-state index in [-0.39, 0.29) is 5.91 Å². The average molecular weight is 415 g/mol. The maximum atomic E-state index is 12.5. The lowest BCUT2D eigenvalue weighted by Gasteiger charge is -2.20. The Morgan fingerprint density at radius 3 is 2.00 bits per heavy atom. The summed E-state index contributed by atoms with van der Waals surface area (Å²) in [4.78, 5) is 26.2. The topological polar surface area (TPSA) is 98.4 Å². The fourth-order valence-corrected chi connectivity index (χ4v) is 3.33. The summed E-state index contributed by atoms with van der Waals surface area (Å²) in [5.74, 6) is 1.86. The summed E-state index contributed by atoms with van der Waals surface area (Å²) in [6, 6.07) is 7.95. The van der Waals surface area contributed by atoms with Crippen LogP contribution in [0.3, 0.4) is 0 Å². The average Bonchev–Trinajstić information content (AvgIpc) is 3.18. The quantitative estimate of drug-likeness (QED) is 0.718. The maximum Gasteiger partial charge on any atom is 0.323 e. The molecule has 9 nitrogen and oxygen atoms in total. The minimum absolute atomic E-state index is 0.0640. The van der Waals surface area contributed by atoms with Crippen molar-refractivity contribution in [2.24, 2.45) is 0 Å². The molecule has 0 spiro atoms. The van der Waals surface area contributed by atoms with E-state index < -0.39 is 6.03 Å². The highest BCUT2D eigenvalue weighted by Crippen LogP contribution is 2.40. The van der Waals surface area contributed by atoms with Gasteiger partial charge in [-0.2, -0.15) is 0 Å². The van der Waals surface area contributed by atoms with Crippen LogP contribution in [0.1, 0.15) is 12.8 Å². The van der Waals surface area contributed by atoms with Crippen LogP contribution in [-0.2, 0) is 4.79 Å². The van der Waals surface area contributed by atoms with Gasteiger partial charge >= 0.3 is 6.03 Å². The van der Waals surface area contributed by atoms with E-state index >= 15 is 0 Å². The van der Waals surface area contributed by atoms with Gasteiger partial charge in [-0.25, -0.2) is 4.79 Å². The molecule has 9 heteroatoms. The van der Waals surface area contributed by atoms with Crippen LogP contribution in [-0.4, -0.2) is 46.9 Å². The fourth-order valence-electron chi connectivity index (χ4n) is 3.33. The highest BCUT2D eigenvalue weighted by Gasteiger charge is 2.24. The zero-order valence-corrected chi connectivity index (χ0v) is 17.4. The number of rotatable bonds is 7. The third-order valence-electron chi connectivity index (χ3n) is 4.72. The number of carbonyl (C=O) groups is 2. The van der Waals surface area contributed by atoms with Crippen LogP contribution in [0.4, 0.5) is 21.9 Å². The predicted molar refractivity (Wildman–Crippen MR) is 113 cm³/mol. The highest BCUT2D eigenvalue weighted by atomic mass is 16.5. The van der Waals surface area contributed by atoms with Crippen molar-refractivity contribution in [3.8, 4) is 23.0 Å². The molecule has 0 aromatic heterocycles. The first-order valence-corrected chi connectivity index (χ1v) is 9.37. The molecule has 2 aromatic carbocycles. The third kappa shape index (κ3) is 4.35. The van der Waals surface area contributed by atoms with Crippen molar-refractivity contribution < 1.29 is 28.5 Å². The lowest BCUT2D eigenvalue weighted by Crippen LogP contribution is -2.24. The zero-order valence-electron chi connectivity index (χ0n) is 17.4. The number of hydrogen-bond acceptors (Lipinski definition) is 6. The summed E-state index contributed by atoms with van der Waals surface area (Å²) >= 11 is 0. The molecule has 0 unspecified atom stereocenters. The number of methoxy groups -OCH3 is 4. The predicted octanol–water partition coefficient (Wildman–Crippen LogP) is 3.49. The lowest BCUT2D eigenvalue weighted by atomic mass is 10.2. The number of nitrogens with one attached hydrogen (secondary N) is 2. The van der Waals surface area contributed by atoms with Crippen molar-refractivity contribution >= 4 is 29.0 Å². The Hall–Kier alpha value is -3.62. The van der Waals surface area contributed by atoms with Crippen LogP contribution < -0.4 is 34.5 Å². The number of ether oxygens (including phenoxy) is 4. The largest absolute Gasteiger partial charge is 0.494 e. The van der Waals surface area contributed by atoms with Crippen molar-refractivity contribution in [2.45, 2.75) is 12.8 Å². The molecule has 2 N–H and O–H groups in total. The molecule has 0 radical (unpaired) electrons. The van der Waals surface area contributed by atoms with Crippen LogP contribution in [0.15, 0.2) is 30.3 Å². The SMILES string of the molecule is COc1cc(NC(=O)Nc2cc(OC)c(OC)c(OC)c2)ccc1N1CCCC1=O. The number of urea groups is 1. The number of carbonyl (C=O) groups excluding carboxylic acids is 2. The van der Waals surface area contributed by atoms with Crippen LogP contribution in [0.2, 0.25) is 0 Å². The van der Waals surface area contributed by atoms with Gasteiger partial charge in [-0.15, -0.1) is 0 Å². The number of nitrogens with zero attached hydrogens (tertiary/aromatic N) is 1. The van der Waals surface area contributed by atoms with Crippen LogP contribution in [0, 0.1) is 0 Å². The zero-order chi connectivity index (χ0) is 21.7. The molecule has 1 aliphatic rings. The van der Waals surface area contributed by atoms with E-state index in [4.69, 9.17) is 18.9 Å². The van der Waals surface area contributed by atoms with Crippen molar-refractivity contribution in [1.29, 1.82) is 0 Å². The second-order valence-electron chi connectivity index (χ2n) is 6.53. The monoisotopic (exact) mass is 415 g/mol. The Bertz CT molecular complexity index is 921. The summed E-state index contributed by atoms with van der Waals surface area (Å²) in [5, 5.41) is 5.49. The molecule has 3 rings (SSSR count). The van der Waals surface area contributed by atoms with E-state index in [2.05, 4.69) is 10.6 Å². The van der Waals surface area contributed by atoms with Gasteiger partial charge in [0, 0.05) is 36.9 Å². The molecule has 1 heterocycles. The number of amides is 3. The summed E-state index contributed by atoms with van der Waals surface area (Å²) in [7, 11) is 6.03. The minimum atomic E-state index is -0.462. The van der Waals surface area contributed by atoms with Gasteiger partial charge in [-0.05, 0) is 18.6 Å². The van der Waals surface area contributed by atoms with Gasteiger partial charge in [0.2, 0.25) is 11.7 Å². The van der Waals surface area contributed by atoms with Gasteiger partial charge < -0.3 is 34.5 Å². The molecular weight excluding hydrogens is 390 g/mol. The van der Waals surface area contributed by atoms with Gasteiger partial charge in [-0.3, -0.25) is 4.79 Å². The van der Waals surface area contributed by atoms with E-state index in [1.165, 1.54) is 28.4 Å². The van der Waals surface area contributed by atoms with E-state index in [0.717, 1.165) is 6.42 Å². The second-order valence-corrected chi connectivity index (χ2v) is 6.53. The molecule has 1 fully saturated rings. The molecule has 2 aromatic rings. The van der Waals surface area contributed by atoms with Crippen molar-refractivity contribution in [1.82, 2.24) is 0 Å². The molecular formula is C21H25N3O6. The molecule has 0 saturated carbocycles. The first-order chi connectivity index (χ1) is 14.5. The van der Waals surface area contributed by atoms with Crippen LogP contribution in [0.25, 0.3) is 0 Å². The molecule has 0 aliphatic carbocycles. The molecule has 1 aliphatic heterocycles. The van der Waals surface area contributed by atoms with Gasteiger partial charge in [0.15, 0.2) is 11.5 Å². The molecule has 30 heavy (non-hydrogen) atoms. The Morgan fingerprint density at radius 1 is 0.867 bits per heavy atom. The number of anilines is 3. The highest BCUT2D eigenvalue weighted by molar-refractivity contribution is 6.01. The lowest BCUT2D eigenvalue weighted by molar-refractivity contribution is -0.117. The first-order valence-electron chi connectivity index (χ1n) is 9.37. The summed E-state index contributed by atoms with van der Waals surface area (Å²) in [6.07, 6.45) is 1.35. The maximum absolute atomic E-state index is 12.5. The molecule has 1 saturated heterocycles. The van der Waals surface area contributed by atoms with E-state index in [9.17, 15) is 9.59 Å². The Morgan fingerprint density at radius 2 is 1.47 bits per heavy atom. The molecule has 0 atom stereocenters. The van der Waals surface area contributed by atoms with Gasteiger partial charge in [-0.1, -0.05) is 0 Å².